The lowest BCUT2D eigenvalue weighted by molar-refractivity contribution is 0.102. The lowest BCUT2D eigenvalue weighted by Gasteiger charge is -2.05. The maximum atomic E-state index is 12.6. The zero-order valence-electron chi connectivity index (χ0n) is 13.1. The molecule has 4 aromatic rings. The van der Waals surface area contributed by atoms with E-state index in [0.717, 1.165) is 5.56 Å². The van der Waals surface area contributed by atoms with Gasteiger partial charge in [0.2, 0.25) is 0 Å². The molecule has 25 heavy (non-hydrogen) atoms. The molecule has 0 atom stereocenters. The number of nitrogens with zero attached hydrogens (tertiary/aromatic N) is 6. The smallest absolute Gasteiger partial charge is 0.261 e. The van der Waals surface area contributed by atoms with Crippen molar-refractivity contribution in [2.75, 3.05) is 5.32 Å². The molecule has 1 N–H and O–H groups in total. The number of benzene rings is 1. The van der Waals surface area contributed by atoms with Crippen molar-refractivity contribution < 1.29 is 4.79 Å². The van der Waals surface area contributed by atoms with Crippen LogP contribution in [-0.2, 0) is 7.05 Å². The molecule has 0 bridgehead atoms. The second-order valence-electron chi connectivity index (χ2n) is 5.35. The van der Waals surface area contributed by atoms with E-state index in [1.54, 1.807) is 42.5 Å². The monoisotopic (exact) mass is 353 g/mol. The van der Waals surface area contributed by atoms with Gasteiger partial charge in [0.15, 0.2) is 11.5 Å². The Bertz CT molecular complexity index is 1080. The maximum Gasteiger partial charge on any atom is 0.261 e. The number of rotatable bonds is 3. The number of halogens is 1. The zero-order valence-corrected chi connectivity index (χ0v) is 13.8. The van der Waals surface area contributed by atoms with Crippen LogP contribution in [0.5, 0.6) is 0 Å². The van der Waals surface area contributed by atoms with E-state index < -0.39 is 0 Å². The zero-order chi connectivity index (χ0) is 17.4. The van der Waals surface area contributed by atoms with E-state index in [-0.39, 0.29) is 5.91 Å². The predicted molar refractivity (Wildman–Crippen MR) is 92.4 cm³/mol. The second kappa shape index (κ2) is 5.99. The first-order valence-corrected chi connectivity index (χ1v) is 7.75. The first-order valence-electron chi connectivity index (χ1n) is 7.37. The number of carbonyl (C=O) groups excluding carboxylic acids is 1. The molecule has 0 aliphatic carbocycles. The fourth-order valence-electron chi connectivity index (χ4n) is 2.41. The first kappa shape index (κ1) is 15.3. The Kier molecular flexibility index (Phi) is 3.66. The lowest BCUT2D eigenvalue weighted by Crippen LogP contribution is -2.12. The van der Waals surface area contributed by atoms with Crippen LogP contribution in [0.3, 0.4) is 0 Å². The van der Waals surface area contributed by atoms with E-state index in [1.807, 2.05) is 12.1 Å². The van der Waals surface area contributed by atoms with Gasteiger partial charge in [0.05, 0.1) is 6.20 Å². The topological polar surface area (TPSA) is 90.0 Å². The Labute approximate surface area is 147 Å². The molecule has 0 aliphatic heterocycles. The highest BCUT2D eigenvalue weighted by molar-refractivity contribution is 6.29. The molecule has 8 nitrogen and oxygen atoms in total. The van der Waals surface area contributed by atoms with E-state index in [2.05, 4.69) is 25.5 Å². The minimum atomic E-state index is -0.323. The van der Waals surface area contributed by atoms with Crippen LogP contribution in [0.2, 0.25) is 5.15 Å². The third kappa shape index (κ3) is 2.94. The van der Waals surface area contributed by atoms with Gasteiger partial charge in [-0.25, -0.2) is 14.5 Å². The highest BCUT2D eigenvalue weighted by Gasteiger charge is 2.15. The second-order valence-corrected chi connectivity index (χ2v) is 5.74. The van der Waals surface area contributed by atoms with Crippen molar-refractivity contribution in [3.63, 3.8) is 0 Å². The van der Waals surface area contributed by atoms with Crippen LogP contribution in [0.1, 0.15) is 10.4 Å². The largest absolute Gasteiger partial charge is 0.322 e. The number of aromatic nitrogens is 6. The summed E-state index contributed by atoms with van der Waals surface area (Å²) in [5.41, 5.74) is 2.16. The van der Waals surface area contributed by atoms with Crippen molar-refractivity contribution in [3.8, 4) is 11.4 Å². The molecule has 1 amide bonds. The van der Waals surface area contributed by atoms with Gasteiger partial charge in [-0.1, -0.05) is 23.7 Å². The average molecular weight is 354 g/mol. The molecule has 4 rings (SSSR count). The molecule has 3 heterocycles. The molecule has 9 heteroatoms. The SMILES string of the molecule is Cn1cnc(-c2cccc(NC(=O)c3cnn4ccc(Cl)nc34)c2)n1. The summed E-state index contributed by atoms with van der Waals surface area (Å²) in [6, 6.07) is 8.90. The van der Waals surface area contributed by atoms with E-state index in [1.165, 1.54) is 10.7 Å². The van der Waals surface area contributed by atoms with Crippen LogP contribution < -0.4 is 5.32 Å². The van der Waals surface area contributed by atoms with Crippen molar-refractivity contribution in [2.45, 2.75) is 0 Å². The van der Waals surface area contributed by atoms with Crippen LogP contribution in [0, 0.1) is 0 Å². The van der Waals surface area contributed by atoms with Crippen LogP contribution in [0.4, 0.5) is 5.69 Å². The van der Waals surface area contributed by atoms with E-state index in [0.29, 0.717) is 27.9 Å². The van der Waals surface area contributed by atoms with Crippen LogP contribution >= 0.6 is 11.6 Å². The fourth-order valence-corrected chi connectivity index (χ4v) is 2.55. The average Bonchev–Trinajstić information content (AvgIpc) is 3.21. The summed E-state index contributed by atoms with van der Waals surface area (Å²) in [6.45, 7) is 0. The summed E-state index contributed by atoms with van der Waals surface area (Å²) < 4.78 is 3.12. The molecular formula is C16H12ClN7O. The summed E-state index contributed by atoms with van der Waals surface area (Å²) in [4.78, 5) is 20.9. The minimum Gasteiger partial charge on any atom is -0.322 e. The Balaban J connectivity index is 1.63. The highest BCUT2D eigenvalue weighted by atomic mass is 35.5. The number of anilines is 1. The number of hydrogen-bond acceptors (Lipinski definition) is 5. The van der Waals surface area contributed by atoms with Crippen LogP contribution in [-0.4, -0.2) is 35.3 Å². The molecule has 0 saturated carbocycles. The molecule has 124 valence electrons. The van der Waals surface area contributed by atoms with Gasteiger partial charge in [0.25, 0.3) is 5.91 Å². The quantitative estimate of drug-likeness (QED) is 0.571. The van der Waals surface area contributed by atoms with Crippen molar-refractivity contribution in [3.05, 3.63) is 59.8 Å². The number of aryl methyl sites for hydroxylation is 1. The number of fused-ring (bicyclic) bond motifs is 1. The molecule has 0 unspecified atom stereocenters. The molecule has 0 spiro atoms. The minimum absolute atomic E-state index is 0.297. The maximum absolute atomic E-state index is 12.6. The highest BCUT2D eigenvalue weighted by Crippen LogP contribution is 2.20. The summed E-state index contributed by atoms with van der Waals surface area (Å²) in [7, 11) is 1.80. The number of amides is 1. The van der Waals surface area contributed by atoms with Crippen LogP contribution in [0.25, 0.3) is 17.0 Å². The predicted octanol–water partition coefficient (Wildman–Crippen LogP) is 2.43. The Morgan fingerprint density at radius 2 is 2.16 bits per heavy atom. The summed E-state index contributed by atoms with van der Waals surface area (Å²) in [5.74, 6) is 0.263. The Hall–Kier alpha value is -3.26. The summed E-state index contributed by atoms with van der Waals surface area (Å²) >= 11 is 5.90. The molecule has 0 fully saturated rings. The molecule has 0 radical (unpaired) electrons. The lowest BCUT2D eigenvalue weighted by atomic mass is 10.2. The molecular weight excluding hydrogens is 342 g/mol. The normalized spacial score (nSPS) is 11.0. The summed E-state index contributed by atoms with van der Waals surface area (Å²) in [6.07, 6.45) is 4.72. The molecule has 0 saturated heterocycles. The van der Waals surface area contributed by atoms with Gasteiger partial charge in [-0.15, -0.1) is 0 Å². The molecule has 0 aliphatic rings. The first-order chi connectivity index (χ1) is 12.1. The molecule has 1 aromatic carbocycles. The van der Waals surface area contributed by atoms with Crippen molar-refractivity contribution in [1.29, 1.82) is 0 Å². The Morgan fingerprint density at radius 1 is 1.28 bits per heavy atom. The van der Waals surface area contributed by atoms with Crippen molar-refractivity contribution in [1.82, 2.24) is 29.4 Å². The third-order valence-corrected chi connectivity index (χ3v) is 3.77. The van der Waals surface area contributed by atoms with Gasteiger partial charge in [-0.3, -0.25) is 9.48 Å². The van der Waals surface area contributed by atoms with Gasteiger partial charge in [-0.2, -0.15) is 10.2 Å². The van der Waals surface area contributed by atoms with Gasteiger partial charge in [0, 0.05) is 24.5 Å². The number of carbonyl (C=O) groups is 1. The third-order valence-electron chi connectivity index (χ3n) is 3.56. The van der Waals surface area contributed by atoms with Crippen molar-refractivity contribution in [2.24, 2.45) is 7.05 Å². The van der Waals surface area contributed by atoms with Gasteiger partial charge >= 0.3 is 0 Å². The fraction of sp³-hybridized carbons (Fsp3) is 0.0625. The van der Waals surface area contributed by atoms with Gasteiger partial charge < -0.3 is 5.32 Å². The Morgan fingerprint density at radius 3 is 2.96 bits per heavy atom. The molecule has 3 aromatic heterocycles. The van der Waals surface area contributed by atoms with E-state index >= 15 is 0 Å². The van der Waals surface area contributed by atoms with Gasteiger partial charge in [0.1, 0.15) is 17.0 Å². The van der Waals surface area contributed by atoms with Crippen molar-refractivity contribution >= 4 is 28.8 Å². The standard InChI is InChI=1S/C16H12ClN7O/c1-23-9-18-14(22-23)10-3-2-4-11(7-10)20-16(25)12-8-19-24-6-5-13(17)21-15(12)24/h2-9H,1H3,(H,20,25). The van der Waals surface area contributed by atoms with Crippen LogP contribution in [0.15, 0.2) is 49.1 Å². The van der Waals surface area contributed by atoms with Gasteiger partial charge in [-0.05, 0) is 18.2 Å². The number of nitrogens with one attached hydrogen (secondary N) is 1. The number of hydrogen-bond donors (Lipinski definition) is 1. The summed E-state index contributed by atoms with van der Waals surface area (Å²) in [5, 5.41) is 11.5. The van der Waals surface area contributed by atoms with E-state index in [4.69, 9.17) is 11.6 Å². The van der Waals surface area contributed by atoms with E-state index in [9.17, 15) is 4.79 Å².